The van der Waals surface area contributed by atoms with Gasteiger partial charge in [0, 0.05) is 26.2 Å². The zero-order chi connectivity index (χ0) is 21.3. The number of anilines is 1. The molecule has 1 fully saturated rings. The molecule has 4 rings (SSSR count). The van der Waals surface area contributed by atoms with E-state index in [-0.39, 0.29) is 12.5 Å². The lowest BCUT2D eigenvalue weighted by Gasteiger charge is -2.33. The van der Waals surface area contributed by atoms with E-state index in [1.165, 1.54) is 21.9 Å². The molecule has 1 aliphatic carbocycles. The van der Waals surface area contributed by atoms with Crippen LogP contribution < -0.4 is 5.32 Å². The quantitative estimate of drug-likeness (QED) is 0.753. The van der Waals surface area contributed by atoms with Crippen LogP contribution in [-0.2, 0) is 27.7 Å². The Hall–Kier alpha value is -2.23. The van der Waals surface area contributed by atoms with Crippen LogP contribution in [0.1, 0.15) is 35.4 Å². The Morgan fingerprint density at radius 2 is 1.80 bits per heavy atom. The second-order valence-electron chi connectivity index (χ2n) is 8.18. The van der Waals surface area contributed by atoms with E-state index < -0.39 is 10.0 Å². The number of sulfonamides is 1. The van der Waals surface area contributed by atoms with Gasteiger partial charge in [-0.05, 0) is 62.8 Å². The summed E-state index contributed by atoms with van der Waals surface area (Å²) < 4.78 is 27.8. The monoisotopic (exact) mass is 431 g/mol. The fourth-order valence-corrected chi connectivity index (χ4v) is 5.74. The number of aromatic amines is 1. The maximum atomic E-state index is 13.1. The number of rotatable bonds is 5. The minimum absolute atomic E-state index is 0.117. The number of piperazine rings is 1. The highest BCUT2D eigenvalue weighted by atomic mass is 32.2. The van der Waals surface area contributed by atoms with Gasteiger partial charge in [-0.15, -0.1) is 0 Å². The molecule has 8 nitrogen and oxygen atoms in total. The molecule has 1 amide bonds. The van der Waals surface area contributed by atoms with E-state index in [9.17, 15) is 13.2 Å². The molecule has 0 bridgehead atoms. The number of aromatic nitrogens is 2. The summed E-state index contributed by atoms with van der Waals surface area (Å²) in [5.74, 6) is -0.117. The molecule has 0 atom stereocenters. The van der Waals surface area contributed by atoms with E-state index >= 15 is 0 Å². The summed E-state index contributed by atoms with van der Waals surface area (Å²) in [4.78, 5) is 14.8. The first kappa shape index (κ1) is 21.0. The van der Waals surface area contributed by atoms with Crippen LogP contribution in [0.5, 0.6) is 0 Å². The Morgan fingerprint density at radius 3 is 2.47 bits per heavy atom. The zero-order valence-corrected chi connectivity index (χ0v) is 18.4. The van der Waals surface area contributed by atoms with E-state index in [4.69, 9.17) is 0 Å². The van der Waals surface area contributed by atoms with Gasteiger partial charge in [0.05, 0.1) is 28.5 Å². The largest absolute Gasteiger partial charge is 0.322 e. The molecule has 30 heavy (non-hydrogen) atoms. The summed E-state index contributed by atoms with van der Waals surface area (Å²) in [6, 6.07) is 5.58. The normalized spacial score (nSPS) is 18.2. The predicted octanol–water partition coefficient (Wildman–Crippen LogP) is 1.85. The Bertz CT molecular complexity index is 1020. The van der Waals surface area contributed by atoms with Crippen molar-refractivity contribution in [3.8, 4) is 0 Å². The molecule has 2 aromatic rings. The van der Waals surface area contributed by atoms with Gasteiger partial charge >= 0.3 is 0 Å². The molecule has 0 radical (unpaired) electrons. The smallest absolute Gasteiger partial charge is 0.243 e. The molecule has 2 N–H and O–H groups in total. The molecule has 1 aliphatic heterocycles. The number of hydrogen-bond acceptors (Lipinski definition) is 5. The highest BCUT2D eigenvalue weighted by Gasteiger charge is 2.30. The van der Waals surface area contributed by atoms with Gasteiger partial charge in [0.15, 0.2) is 0 Å². The first-order chi connectivity index (χ1) is 14.3. The maximum Gasteiger partial charge on any atom is 0.243 e. The lowest BCUT2D eigenvalue weighted by Crippen LogP contribution is -2.50. The van der Waals surface area contributed by atoms with Crippen LogP contribution in [0.15, 0.2) is 23.1 Å². The summed E-state index contributed by atoms with van der Waals surface area (Å²) >= 11 is 0. The maximum absolute atomic E-state index is 13.1. The molecule has 2 heterocycles. The van der Waals surface area contributed by atoms with Crippen LogP contribution in [0.2, 0.25) is 0 Å². The Labute approximate surface area is 177 Å². The Morgan fingerprint density at radius 1 is 1.10 bits per heavy atom. The van der Waals surface area contributed by atoms with E-state index in [2.05, 4.69) is 15.5 Å². The summed E-state index contributed by atoms with van der Waals surface area (Å²) in [6.07, 6.45) is 4.29. The van der Waals surface area contributed by atoms with Crippen LogP contribution in [0, 0.1) is 13.8 Å². The highest BCUT2D eigenvalue weighted by molar-refractivity contribution is 7.89. The topological polar surface area (TPSA) is 98.4 Å². The van der Waals surface area contributed by atoms with Crippen molar-refractivity contribution in [2.24, 2.45) is 0 Å². The van der Waals surface area contributed by atoms with Crippen LogP contribution in [0.4, 0.5) is 5.69 Å². The predicted molar refractivity (Wildman–Crippen MR) is 115 cm³/mol. The summed E-state index contributed by atoms with van der Waals surface area (Å²) in [6.45, 7) is 5.76. The molecule has 1 saturated heterocycles. The minimum atomic E-state index is -3.51. The van der Waals surface area contributed by atoms with Crippen molar-refractivity contribution in [3.63, 3.8) is 0 Å². The van der Waals surface area contributed by atoms with Gasteiger partial charge in [0.2, 0.25) is 15.9 Å². The third-order valence-electron chi connectivity index (χ3n) is 6.05. The fourth-order valence-electron chi connectivity index (χ4n) is 4.26. The van der Waals surface area contributed by atoms with Gasteiger partial charge in [-0.3, -0.25) is 14.8 Å². The van der Waals surface area contributed by atoms with Crippen LogP contribution in [0.3, 0.4) is 0 Å². The minimum Gasteiger partial charge on any atom is -0.322 e. The van der Waals surface area contributed by atoms with Crippen molar-refractivity contribution in [1.82, 2.24) is 19.4 Å². The number of nitrogens with zero attached hydrogens (tertiary/aromatic N) is 3. The molecule has 9 heteroatoms. The zero-order valence-electron chi connectivity index (χ0n) is 17.6. The molecule has 1 aromatic heterocycles. The molecule has 162 valence electrons. The molecule has 0 unspecified atom stereocenters. The Balaban J connectivity index is 1.35. The molecule has 0 saturated carbocycles. The fraction of sp³-hybridized carbons (Fsp3) is 0.524. The van der Waals surface area contributed by atoms with Crippen molar-refractivity contribution >= 4 is 21.6 Å². The van der Waals surface area contributed by atoms with Crippen molar-refractivity contribution in [3.05, 3.63) is 40.7 Å². The average molecular weight is 432 g/mol. The van der Waals surface area contributed by atoms with Gasteiger partial charge in [0.25, 0.3) is 0 Å². The lowest BCUT2D eigenvalue weighted by molar-refractivity contribution is -0.117. The second-order valence-corrected chi connectivity index (χ2v) is 10.1. The molecular formula is C21H29N5O3S. The number of fused-ring (bicyclic) bond motifs is 1. The van der Waals surface area contributed by atoms with E-state index in [0.29, 0.717) is 36.8 Å². The SMILES string of the molecule is Cc1n[nH]c(C)c1NC(=O)CN1CCN(S(=O)(=O)c2ccc3c(c2)CCCC3)CC1. The van der Waals surface area contributed by atoms with Gasteiger partial charge in [-0.2, -0.15) is 9.40 Å². The number of benzene rings is 1. The van der Waals surface area contributed by atoms with E-state index in [1.54, 1.807) is 6.07 Å². The Kier molecular flexibility index (Phi) is 5.95. The molecule has 2 aliphatic rings. The van der Waals surface area contributed by atoms with Gasteiger partial charge in [-0.25, -0.2) is 8.42 Å². The van der Waals surface area contributed by atoms with Crippen molar-refractivity contribution < 1.29 is 13.2 Å². The standard InChI is InChI=1S/C21H29N5O3S/c1-15-21(16(2)24-23-15)22-20(27)14-25-9-11-26(12-10-25)30(28,29)19-8-7-17-5-3-4-6-18(17)13-19/h7-8,13H,3-6,9-12,14H2,1-2H3,(H,22,27)(H,23,24). The van der Waals surface area contributed by atoms with Gasteiger partial charge in [0.1, 0.15) is 0 Å². The van der Waals surface area contributed by atoms with Crippen molar-refractivity contribution in [2.75, 3.05) is 38.0 Å². The van der Waals surface area contributed by atoms with Crippen LogP contribution in [0.25, 0.3) is 0 Å². The van der Waals surface area contributed by atoms with E-state index in [1.807, 2.05) is 30.9 Å². The first-order valence-electron chi connectivity index (χ1n) is 10.5. The van der Waals surface area contributed by atoms with E-state index in [0.717, 1.165) is 30.7 Å². The average Bonchev–Trinajstić information content (AvgIpc) is 3.05. The molecular weight excluding hydrogens is 402 g/mol. The van der Waals surface area contributed by atoms with Gasteiger partial charge < -0.3 is 5.32 Å². The lowest BCUT2D eigenvalue weighted by atomic mass is 9.92. The first-order valence-corrected chi connectivity index (χ1v) is 11.9. The summed E-state index contributed by atoms with van der Waals surface area (Å²) in [5.41, 5.74) is 4.74. The summed E-state index contributed by atoms with van der Waals surface area (Å²) in [7, 11) is -3.51. The number of aryl methyl sites for hydroxylation is 4. The van der Waals surface area contributed by atoms with Crippen molar-refractivity contribution in [1.29, 1.82) is 0 Å². The molecule has 1 aromatic carbocycles. The third kappa shape index (κ3) is 4.28. The van der Waals surface area contributed by atoms with Crippen molar-refractivity contribution in [2.45, 2.75) is 44.4 Å². The molecule has 0 spiro atoms. The summed E-state index contributed by atoms with van der Waals surface area (Å²) in [5, 5.41) is 9.83. The van der Waals surface area contributed by atoms with Crippen LogP contribution in [-0.4, -0.2) is 66.5 Å². The number of nitrogens with one attached hydrogen (secondary N) is 2. The number of H-pyrrole nitrogens is 1. The highest BCUT2D eigenvalue weighted by Crippen LogP contribution is 2.26. The number of amides is 1. The number of carbonyl (C=O) groups is 1. The number of hydrogen-bond donors (Lipinski definition) is 2. The van der Waals surface area contributed by atoms with Crippen LogP contribution >= 0.6 is 0 Å². The second kappa shape index (κ2) is 8.49. The van der Waals surface area contributed by atoms with Gasteiger partial charge in [-0.1, -0.05) is 6.07 Å². The number of carbonyl (C=O) groups excluding carboxylic acids is 1. The third-order valence-corrected chi connectivity index (χ3v) is 7.94.